The van der Waals surface area contributed by atoms with Gasteiger partial charge in [0.2, 0.25) is 0 Å². The molecule has 0 N–H and O–H groups in total. The summed E-state index contributed by atoms with van der Waals surface area (Å²) in [5.41, 5.74) is 1.11. The number of rotatable bonds is 4. The average Bonchev–Trinajstić information content (AvgIpc) is 3.55. The van der Waals surface area contributed by atoms with Gasteiger partial charge in [0.05, 0.1) is 0 Å². The van der Waals surface area contributed by atoms with Crippen molar-refractivity contribution < 1.29 is 19.1 Å². The van der Waals surface area contributed by atoms with E-state index >= 15 is 0 Å². The number of carbonyl (C=O) groups excluding carboxylic acids is 2. The molecule has 13 heteroatoms. The molecule has 4 heterocycles. The molecule has 4 aromatic rings. The smallest absolute Gasteiger partial charge is 0.415 e. The van der Waals surface area contributed by atoms with Gasteiger partial charge in [-0.15, -0.1) is 6.42 Å². The number of hydrogen-bond donors (Lipinski definition) is 0. The Labute approximate surface area is 281 Å². The number of aromatic nitrogens is 4. The van der Waals surface area contributed by atoms with Gasteiger partial charge in [-0.05, 0) is 94.3 Å². The molecule has 10 nitrogen and oxygen atoms in total. The fourth-order valence-corrected chi connectivity index (χ4v) is 6.15. The first kappa shape index (κ1) is 36.6. The lowest BCUT2D eigenvalue weighted by molar-refractivity contribution is 0.0579. The molecule has 0 aromatic carbocycles. The van der Waals surface area contributed by atoms with Crippen LogP contribution in [-0.2, 0) is 9.47 Å². The summed E-state index contributed by atoms with van der Waals surface area (Å²) in [4.78, 5) is 44.2. The summed E-state index contributed by atoms with van der Waals surface area (Å²) in [6, 6.07) is 7.52. The number of thiazole rings is 2. The second-order valence-corrected chi connectivity index (χ2v) is 14.0. The monoisotopic (exact) mass is 748 g/mol. The van der Waals surface area contributed by atoms with Gasteiger partial charge in [0.25, 0.3) is 0 Å². The molecule has 0 aliphatic carbocycles. The molecular formula is C31H37IN6O4S2. The highest BCUT2D eigenvalue weighted by Crippen LogP contribution is 2.36. The molecule has 0 spiro atoms. The zero-order valence-electron chi connectivity index (χ0n) is 25.2. The second kappa shape index (κ2) is 15.4. The Morgan fingerprint density at radius 2 is 1.25 bits per heavy atom. The Balaban J connectivity index is 0.000000300. The molecule has 234 valence electrons. The minimum Gasteiger partial charge on any atom is -0.443 e. The molecule has 0 fully saturated rings. The number of halogens is 1. The highest BCUT2D eigenvalue weighted by Gasteiger charge is 2.26. The number of hydrogen-bond acceptors (Lipinski definition) is 10. The summed E-state index contributed by atoms with van der Waals surface area (Å²) in [6.07, 6.45) is 11.5. The van der Waals surface area contributed by atoms with Gasteiger partial charge >= 0.3 is 12.2 Å². The maximum Gasteiger partial charge on any atom is 0.415 e. The van der Waals surface area contributed by atoms with Crippen LogP contribution in [0.15, 0.2) is 49.1 Å². The first-order valence-electron chi connectivity index (χ1n) is 13.0. The Bertz CT molecular complexity index is 1590. The molecule has 0 aliphatic rings. The lowest BCUT2D eigenvalue weighted by Gasteiger charge is -2.23. The van der Waals surface area contributed by atoms with Crippen LogP contribution in [0.1, 0.15) is 54.7 Å². The Kier molecular flexibility index (Phi) is 12.8. The highest BCUT2D eigenvalue weighted by atomic mass is 127. The predicted molar refractivity (Wildman–Crippen MR) is 187 cm³/mol. The number of anilines is 2. The number of terminal acetylenes is 1. The Morgan fingerprint density at radius 1 is 0.818 bits per heavy atom. The molecule has 44 heavy (non-hydrogen) atoms. The summed E-state index contributed by atoms with van der Waals surface area (Å²) in [6.45, 7) is 11.0. The van der Waals surface area contributed by atoms with Crippen molar-refractivity contribution in [1.82, 2.24) is 19.9 Å². The van der Waals surface area contributed by atoms with Gasteiger partial charge in [-0.25, -0.2) is 19.6 Å². The third-order valence-electron chi connectivity index (χ3n) is 5.08. The third kappa shape index (κ3) is 10.2. The van der Waals surface area contributed by atoms with E-state index in [4.69, 9.17) is 15.9 Å². The van der Waals surface area contributed by atoms with Crippen LogP contribution in [0.25, 0.3) is 21.1 Å². The average molecular weight is 749 g/mol. The van der Waals surface area contributed by atoms with E-state index in [-0.39, 0.29) is 13.5 Å². The number of nitrogens with zero attached hydrogens (tertiary/aromatic N) is 6. The summed E-state index contributed by atoms with van der Waals surface area (Å²) in [7, 11) is 3.31. The lowest BCUT2D eigenvalue weighted by atomic mass is 10.2. The molecule has 4 aromatic heterocycles. The second-order valence-electron chi connectivity index (χ2n) is 11.0. The molecule has 0 radical (unpaired) electrons. The maximum atomic E-state index is 12.2. The van der Waals surface area contributed by atoms with Gasteiger partial charge in [0.15, 0.2) is 0 Å². The van der Waals surface area contributed by atoms with E-state index in [1.807, 2.05) is 65.8 Å². The normalized spacial score (nSPS) is 10.8. The predicted octanol–water partition coefficient (Wildman–Crippen LogP) is 8.37. The van der Waals surface area contributed by atoms with Crippen LogP contribution in [0.4, 0.5) is 19.6 Å². The van der Waals surface area contributed by atoms with Crippen LogP contribution in [-0.4, -0.2) is 57.4 Å². The number of ether oxygens (including phenoxy) is 2. The Morgan fingerprint density at radius 3 is 1.66 bits per heavy atom. The minimum absolute atomic E-state index is 0. The topological polar surface area (TPSA) is 111 Å². The molecule has 4 rings (SSSR count). The van der Waals surface area contributed by atoms with Crippen molar-refractivity contribution in [1.29, 1.82) is 0 Å². The number of amides is 2. The quantitative estimate of drug-likeness (QED) is 0.151. The molecular weight excluding hydrogens is 711 g/mol. The van der Waals surface area contributed by atoms with Gasteiger partial charge in [-0.3, -0.25) is 19.8 Å². The van der Waals surface area contributed by atoms with Crippen LogP contribution < -0.4 is 9.80 Å². The molecule has 0 unspecified atom stereocenters. The first-order chi connectivity index (χ1) is 20.1. The van der Waals surface area contributed by atoms with Crippen molar-refractivity contribution in [2.45, 2.75) is 60.2 Å². The summed E-state index contributed by atoms with van der Waals surface area (Å²) < 4.78 is 11.5. The first-order valence-corrected chi connectivity index (χ1v) is 15.7. The number of pyridine rings is 2. The standard InChI is InChI=1S/C16H17N3O2S.C14H16IN3O2S.CH4/c1-6-12-14(19(5)15(20)21-16(2,3)4)22-13(18-12)11-8-7-9-17-10-11;1-14(2,3)20-13(19)18(4)12-10(15)17-11(21-12)9-6-5-7-16-8-9;/h1,7-10H,2-5H3;5-8H,1-4H3;1H4. The van der Waals surface area contributed by atoms with Gasteiger partial charge in [-0.2, -0.15) is 0 Å². The molecule has 0 atom stereocenters. The van der Waals surface area contributed by atoms with Gasteiger partial charge < -0.3 is 9.47 Å². The van der Waals surface area contributed by atoms with Crippen molar-refractivity contribution in [2.24, 2.45) is 0 Å². The Hall–Kier alpha value is -3.61. The van der Waals surface area contributed by atoms with Crippen molar-refractivity contribution in [3.63, 3.8) is 0 Å². The van der Waals surface area contributed by atoms with Crippen molar-refractivity contribution in [3.8, 4) is 33.5 Å². The van der Waals surface area contributed by atoms with E-state index in [1.165, 1.54) is 32.5 Å². The zero-order chi connectivity index (χ0) is 31.9. The summed E-state index contributed by atoms with van der Waals surface area (Å²) in [5, 5.41) is 2.89. The third-order valence-corrected chi connectivity index (χ3v) is 8.56. The maximum absolute atomic E-state index is 12.2. The lowest BCUT2D eigenvalue weighted by Crippen LogP contribution is -2.34. The fraction of sp³-hybridized carbons (Fsp3) is 0.355. The van der Waals surface area contributed by atoms with Crippen LogP contribution >= 0.6 is 45.3 Å². The van der Waals surface area contributed by atoms with Crippen LogP contribution in [0.2, 0.25) is 0 Å². The van der Waals surface area contributed by atoms with Crippen LogP contribution in [0.3, 0.4) is 0 Å². The van der Waals surface area contributed by atoms with Gasteiger partial charge in [0, 0.05) is 50.0 Å². The van der Waals surface area contributed by atoms with Crippen molar-refractivity contribution in [2.75, 3.05) is 23.9 Å². The van der Waals surface area contributed by atoms with E-state index in [9.17, 15) is 9.59 Å². The largest absolute Gasteiger partial charge is 0.443 e. The molecule has 0 aliphatic heterocycles. The van der Waals surface area contributed by atoms with E-state index in [1.54, 1.807) is 38.9 Å². The molecule has 0 saturated carbocycles. The summed E-state index contributed by atoms with van der Waals surface area (Å²) >= 11 is 4.90. The van der Waals surface area contributed by atoms with Crippen molar-refractivity contribution in [3.05, 3.63) is 58.4 Å². The molecule has 2 amide bonds. The fourth-order valence-electron chi connectivity index (χ4n) is 3.19. The van der Waals surface area contributed by atoms with E-state index in [0.717, 1.165) is 24.8 Å². The van der Waals surface area contributed by atoms with E-state index in [0.29, 0.717) is 15.7 Å². The summed E-state index contributed by atoms with van der Waals surface area (Å²) in [5.74, 6) is 2.51. The molecule has 0 bridgehead atoms. The minimum atomic E-state index is -0.571. The zero-order valence-corrected chi connectivity index (χ0v) is 29.0. The van der Waals surface area contributed by atoms with Crippen LogP contribution in [0, 0.1) is 16.0 Å². The van der Waals surface area contributed by atoms with E-state index in [2.05, 4.69) is 48.4 Å². The van der Waals surface area contributed by atoms with E-state index < -0.39 is 17.3 Å². The SMILES string of the molecule is C.C#Cc1nc(-c2cccnc2)sc1N(C)C(=O)OC(C)(C)C.CN(C(=O)OC(C)(C)C)c1sc(-c2cccnc2)nc1I. The molecule has 0 saturated heterocycles. The number of carbonyl (C=O) groups is 2. The highest BCUT2D eigenvalue weighted by molar-refractivity contribution is 14.1. The van der Waals surface area contributed by atoms with Gasteiger partial charge in [0.1, 0.15) is 40.6 Å². The van der Waals surface area contributed by atoms with Crippen molar-refractivity contribution >= 4 is 67.5 Å². The van der Waals surface area contributed by atoms with Crippen LogP contribution in [0.5, 0.6) is 0 Å². The van der Waals surface area contributed by atoms with Gasteiger partial charge in [-0.1, -0.05) is 30.1 Å².